The van der Waals surface area contributed by atoms with Crippen LogP contribution in [0.2, 0.25) is 0 Å². The first kappa shape index (κ1) is 13.7. The molecule has 9 nitrogen and oxygen atoms in total. The molecule has 0 aromatic heterocycles. The molecule has 2 rings (SSSR count). The Bertz CT molecular complexity index is 564. The van der Waals surface area contributed by atoms with E-state index in [-0.39, 0.29) is 30.4 Å². The maximum absolute atomic E-state index is 11.9. The Morgan fingerprint density at radius 1 is 1.50 bits per heavy atom. The topological polar surface area (TPSA) is 134 Å². The number of carbonyl (C=O) groups is 2. The lowest BCUT2D eigenvalue weighted by atomic mass is 10.2. The highest BCUT2D eigenvalue weighted by Crippen LogP contribution is 2.27. The third kappa shape index (κ3) is 3.01. The zero-order valence-corrected chi connectivity index (χ0v) is 10.3. The summed E-state index contributed by atoms with van der Waals surface area (Å²) in [6.45, 7) is 0.169. The van der Waals surface area contributed by atoms with Crippen LogP contribution in [0.25, 0.3) is 0 Å². The molecule has 1 saturated heterocycles. The van der Waals surface area contributed by atoms with Gasteiger partial charge in [0.15, 0.2) is 0 Å². The molecule has 0 aliphatic carbocycles. The number of hydrogen-bond donors (Lipinski definition) is 4. The maximum atomic E-state index is 11.9. The molecule has 4 N–H and O–H groups in total. The van der Waals surface area contributed by atoms with Gasteiger partial charge in [0, 0.05) is 12.6 Å². The maximum Gasteiger partial charge on any atom is 0.273 e. The van der Waals surface area contributed by atoms with Gasteiger partial charge in [-0.1, -0.05) is 0 Å². The first-order chi connectivity index (χ1) is 9.47. The summed E-state index contributed by atoms with van der Waals surface area (Å²) >= 11 is 0. The van der Waals surface area contributed by atoms with Crippen LogP contribution in [0.4, 0.5) is 11.4 Å². The van der Waals surface area contributed by atoms with Crippen molar-refractivity contribution in [3.63, 3.8) is 0 Å². The first-order valence-corrected chi connectivity index (χ1v) is 5.75. The van der Waals surface area contributed by atoms with Crippen molar-refractivity contribution in [1.29, 1.82) is 0 Å². The lowest BCUT2D eigenvalue weighted by molar-refractivity contribution is -0.384. The molecule has 1 aliphatic heterocycles. The van der Waals surface area contributed by atoms with Crippen molar-refractivity contribution in [2.24, 2.45) is 0 Å². The van der Waals surface area contributed by atoms with E-state index in [1.165, 1.54) is 12.1 Å². The summed E-state index contributed by atoms with van der Waals surface area (Å²) in [6.07, 6.45) is 0. The molecule has 1 aliphatic rings. The van der Waals surface area contributed by atoms with Gasteiger partial charge in [-0.3, -0.25) is 25.0 Å². The van der Waals surface area contributed by atoms with E-state index in [2.05, 4.69) is 16.0 Å². The number of aromatic hydroxyl groups is 1. The number of phenols is 1. The normalized spacial score (nSPS) is 18.2. The average molecular weight is 280 g/mol. The van der Waals surface area contributed by atoms with E-state index in [0.717, 1.165) is 6.07 Å². The summed E-state index contributed by atoms with van der Waals surface area (Å²) in [5.41, 5.74) is -0.206. The predicted octanol–water partition coefficient (Wildman–Crippen LogP) is -0.673. The third-order valence-electron chi connectivity index (χ3n) is 2.78. The number of nitro groups is 1. The van der Waals surface area contributed by atoms with Gasteiger partial charge in [0.2, 0.25) is 11.8 Å². The average Bonchev–Trinajstić information content (AvgIpc) is 2.41. The molecule has 0 saturated carbocycles. The highest BCUT2D eigenvalue weighted by molar-refractivity contribution is 5.97. The Labute approximate surface area is 113 Å². The Kier molecular flexibility index (Phi) is 3.80. The van der Waals surface area contributed by atoms with Crippen LogP contribution in [0, 0.1) is 10.1 Å². The summed E-state index contributed by atoms with van der Waals surface area (Å²) < 4.78 is 0. The molecule has 106 valence electrons. The number of nitrogens with zero attached hydrogens (tertiary/aromatic N) is 1. The number of carbonyl (C=O) groups excluding carboxylic acids is 2. The second-order valence-electron chi connectivity index (χ2n) is 4.19. The molecule has 1 unspecified atom stereocenters. The van der Waals surface area contributed by atoms with Gasteiger partial charge in [-0.05, 0) is 6.07 Å². The van der Waals surface area contributed by atoms with Crippen molar-refractivity contribution in [3.8, 4) is 5.75 Å². The summed E-state index contributed by atoms with van der Waals surface area (Å²) in [7, 11) is 0. The molecule has 20 heavy (non-hydrogen) atoms. The van der Waals surface area contributed by atoms with Gasteiger partial charge in [-0.2, -0.15) is 0 Å². The van der Waals surface area contributed by atoms with Gasteiger partial charge in [0.05, 0.1) is 23.2 Å². The fourth-order valence-corrected chi connectivity index (χ4v) is 1.71. The van der Waals surface area contributed by atoms with Crippen LogP contribution in [-0.4, -0.2) is 41.0 Å². The Balaban J connectivity index is 2.04. The van der Waals surface area contributed by atoms with E-state index in [0.29, 0.717) is 0 Å². The van der Waals surface area contributed by atoms with Crippen LogP contribution >= 0.6 is 0 Å². The van der Waals surface area contributed by atoms with Crippen molar-refractivity contribution >= 4 is 23.2 Å². The minimum atomic E-state index is -0.649. The molecule has 1 aromatic rings. The molecule has 2 amide bonds. The smallest absolute Gasteiger partial charge is 0.273 e. The number of amides is 2. The van der Waals surface area contributed by atoms with Gasteiger partial charge in [0.1, 0.15) is 11.8 Å². The zero-order valence-electron chi connectivity index (χ0n) is 10.3. The van der Waals surface area contributed by atoms with E-state index in [9.17, 15) is 24.8 Å². The zero-order chi connectivity index (χ0) is 14.7. The van der Waals surface area contributed by atoms with Crippen molar-refractivity contribution in [1.82, 2.24) is 10.6 Å². The molecule has 1 aromatic carbocycles. The fraction of sp³-hybridized carbons (Fsp3) is 0.273. The number of piperazine rings is 1. The molecule has 1 atom stereocenters. The second-order valence-corrected chi connectivity index (χ2v) is 4.19. The molecule has 9 heteroatoms. The summed E-state index contributed by atoms with van der Waals surface area (Å²) in [5.74, 6) is -1.05. The van der Waals surface area contributed by atoms with Gasteiger partial charge < -0.3 is 15.7 Å². The van der Waals surface area contributed by atoms with Crippen LogP contribution in [0.3, 0.4) is 0 Å². The van der Waals surface area contributed by atoms with Crippen LogP contribution in [0.15, 0.2) is 18.2 Å². The number of nitro benzene ring substituents is 1. The van der Waals surface area contributed by atoms with Crippen LogP contribution < -0.4 is 16.0 Å². The van der Waals surface area contributed by atoms with Crippen molar-refractivity contribution in [2.45, 2.75) is 6.04 Å². The van der Waals surface area contributed by atoms with Gasteiger partial charge in [-0.15, -0.1) is 0 Å². The highest BCUT2D eigenvalue weighted by Gasteiger charge is 2.24. The second kappa shape index (κ2) is 5.53. The Morgan fingerprint density at radius 2 is 2.25 bits per heavy atom. The van der Waals surface area contributed by atoms with Gasteiger partial charge in [-0.25, -0.2) is 0 Å². The van der Waals surface area contributed by atoms with E-state index >= 15 is 0 Å². The summed E-state index contributed by atoms with van der Waals surface area (Å²) in [4.78, 5) is 32.7. The van der Waals surface area contributed by atoms with Crippen LogP contribution in [-0.2, 0) is 9.59 Å². The van der Waals surface area contributed by atoms with Crippen LogP contribution in [0.1, 0.15) is 0 Å². The molecule has 0 bridgehead atoms. The van der Waals surface area contributed by atoms with E-state index < -0.39 is 22.6 Å². The third-order valence-corrected chi connectivity index (χ3v) is 2.78. The molecule has 1 heterocycles. The quantitative estimate of drug-likeness (QED) is 0.329. The highest BCUT2D eigenvalue weighted by atomic mass is 16.6. The molecule has 1 fully saturated rings. The lowest BCUT2D eigenvalue weighted by Crippen LogP contribution is -2.56. The standard InChI is InChI=1S/C11H12N4O5/c16-9-3-6(15(19)20)1-2-7(9)14-11(18)8-4-13-10(17)5-12-8/h1-3,8,12,16H,4-5H2,(H,13,17)(H,14,18). The number of nitrogens with one attached hydrogen (secondary N) is 3. The minimum absolute atomic E-state index is 0.0321. The predicted molar refractivity (Wildman–Crippen MR) is 68.2 cm³/mol. The monoisotopic (exact) mass is 280 g/mol. The van der Waals surface area contributed by atoms with Crippen molar-refractivity contribution < 1.29 is 19.6 Å². The lowest BCUT2D eigenvalue weighted by Gasteiger charge is -2.23. The first-order valence-electron chi connectivity index (χ1n) is 5.75. The number of benzene rings is 1. The number of phenolic OH excluding ortho intramolecular Hbond substituents is 1. The number of hydrogen-bond acceptors (Lipinski definition) is 6. The van der Waals surface area contributed by atoms with Crippen molar-refractivity contribution in [2.75, 3.05) is 18.4 Å². The van der Waals surface area contributed by atoms with Gasteiger partial charge in [0.25, 0.3) is 5.69 Å². The van der Waals surface area contributed by atoms with Gasteiger partial charge >= 0.3 is 0 Å². The Morgan fingerprint density at radius 3 is 2.80 bits per heavy atom. The molecular formula is C11H12N4O5. The summed E-state index contributed by atoms with van der Waals surface area (Å²) in [5, 5.41) is 27.8. The summed E-state index contributed by atoms with van der Waals surface area (Å²) in [6, 6.07) is 2.74. The SMILES string of the molecule is O=C1CNC(C(=O)Nc2ccc([N+](=O)[O-])cc2O)CN1. The minimum Gasteiger partial charge on any atom is -0.506 e. The number of rotatable bonds is 3. The number of non-ortho nitro benzene ring substituents is 1. The molecule has 0 radical (unpaired) electrons. The van der Waals surface area contributed by atoms with E-state index in [1.807, 2.05) is 0 Å². The largest absolute Gasteiger partial charge is 0.506 e. The molecule has 0 spiro atoms. The Hall–Kier alpha value is -2.68. The van der Waals surface area contributed by atoms with Crippen LogP contribution in [0.5, 0.6) is 5.75 Å². The fourth-order valence-electron chi connectivity index (χ4n) is 1.71. The molecular weight excluding hydrogens is 268 g/mol. The van der Waals surface area contributed by atoms with E-state index in [4.69, 9.17) is 0 Å². The van der Waals surface area contributed by atoms with E-state index in [1.54, 1.807) is 0 Å². The number of anilines is 1. The van der Waals surface area contributed by atoms with Crippen molar-refractivity contribution in [3.05, 3.63) is 28.3 Å².